The molecule has 0 radical (unpaired) electrons. The van der Waals surface area contributed by atoms with E-state index in [4.69, 9.17) is 4.74 Å². The Kier molecular flexibility index (Phi) is 5.47. The summed E-state index contributed by atoms with van der Waals surface area (Å²) in [5.41, 5.74) is 1.94. The molecule has 0 aliphatic heterocycles. The zero-order valence-electron chi connectivity index (χ0n) is 17.1. The van der Waals surface area contributed by atoms with Crippen molar-refractivity contribution in [2.45, 2.75) is 13.8 Å². The predicted octanol–water partition coefficient (Wildman–Crippen LogP) is 4.61. The van der Waals surface area contributed by atoms with E-state index in [0.29, 0.717) is 33.9 Å². The number of nitrogens with one attached hydrogen (secondary N) is 2. The van der Waals surface area contributed by atoms with Gasteiger partial charge in [-0.3, -0.25) is 4.72 Å². The van der Waals surface area contributed by atoms with Crippen LogP contribution in [0.3, 0.4) is 0 Å². The summed E-state index contributed by atoms with van der Waals surface area (Å²) in [5.74, 6) is -1.76. The summed E-state index contributed by atoms with van der Waals surface area (Å²) in [5, 5.41) is 13.0. The van der Waals surface area contributed by atoms with Gasteiger partial charge in [0.2, 0.25) is 10.0 Å². The fourth-order valence-electron chi connectivity index (χ4n) is 3.31. The van der Waals surface area contributed by atoms with Crippen molar-refractivity contribution in [2.24, 2.45) is 0 Å². The van der Waals surface area contributed by atoms with Crippen LogP contribution in [0.4, 0.5) is 14.5 Å². The lowest BCUT2D eigenvalue weighted by Crippen LogP contribution is -2.31. The van der Waals surface area contributed by atoms with Gasteiger partial charge in [-0.05, 0) is 56.3 Å². The number of sulfonamides is 1. The van der Waals surface area contributed by atoms with Crippen molar-refractivity contribution in [1.29, 1.82) is 0 Å². The molecule has 166 valence electrons. The summed E-state index contributed by atoms with van der Waals surface area (Å²) in [6.45, 7) is 3.13. The van der Waals surface area contributed by atoms with E-state index < -0.39 is 21.7 Å². The first-order valence-electron chi connectivity index (χ1n) is 9.66. The Labute approximate surface area is 182 Å². The van der Waals surface area contributed by atoms with E-state index in [1.54, 1.807) is 31.3 Å². The number of ether oxygens (including phenoxy) is 1. The van der Waals surface area contributed by atoms with Crippen molar-refractivity contribution in [1.82, 2.24) is 4.98 Å². The number of aryl methyl sites for hydroxylation is 1. The summed E-state index contributed by atoms with van der Waals surface area (Å²) in [6.07, 6.45) is 1.60. The largest absolute Gasteiger partial charge is 0.710 e. The predicted molar refractivity (Wildman–Crippen MR) is 117 cm³/mol. The van der Waals surface area contributed by atoms with Gasteiger partial charge in [0, 0.05) is 22.9 Å². The topological polar surface area (TPSA) is 98.1 Å². The maximum Gasteiger partial charge on any atom is 0.290 e. The fraction of sp³-hybridized carbons (Fsp3) is 0.136. The van der Waals surface area contributed by atoms with Crippen molar-refractivity contribution >= 4 is 26.7 Å². The Hall–Kier alpha value is -3.66. The molecule has 0 saturated heterocycles. The van der Waals surface area contributed by atoms with E-state index in [-0.39, 0.29) is 22.9 Å². The molecule has 2 aromatic carbocycles. The first-order chi connectivity index (χ1) is 15.2. The van der Waals surface area contributed by atoms with Crippen LogP contribution >= 0.6 is 0 Å². The highest BCUT2D eigenvalue weighted by Crippen LogP contribution is 2.39. The summed E-state index contributed by atoms with van der Waals surface area (Å²) in [6, 6.07) is 10.8. The van der Waals surface area contributed by atoms with Crippen molar-refractivity contribution < 1.29 is 26.7 Å². The number of hydrogen-bond donors (Lipinski definition) is 2. The molecule has 0 saturated carbocycles. The Morgan fingerprint density at radius 3 is 2.53 bits per heavy atom. The van der Waals surface area contributed by atoms with Crippen LogP contribution in [0.5, 0.6) is 11.5 Å². The van der Waals surface area contributed by atoms with Gasteiger partial charge in [-0.1, -0.05) is 0 Å². The number of aromatic amines is 1. The SMILES string of the molecule is CCS(=O)(=O)Nc1ccc(Oc2ccc(F)cc2F)c(-c2cc(C)[n+]([O-])c3[nH]ccc23)c1. The molecule has 0 spiro atoms. The van der Waals surface area contributed by atoms with Gasteiger partial charge in [-0.25, -0.2) is 26.9 Å². The second kappa shape index (κ2) is 8.12. The number of hydrogen-bond acceptors (Lipinski definition) is 4. The Morgan fingerprint density at radius 1 is 1.06 bits per heavy atom. The lowest BCUT2D eigenvalue weighted by molar-refractivity contribution is -0.586. The van der Waals surface area contributed by atoms with Crippen LogP contribution in [0.2, 0.25) is 0 Å². The summed E-state index contributed by atoms with van der Waals surface area (Å²) in [4.78, 5) is 2.88. The van der Waals surface area contributed by atoms with Crippen LogP contribution in [-0.4, -0.2) is 19.2 Å². The standard InChI is InChI=1S/C22H19F2N3O4S/c1-3-32(29,30)26-15-5-7-20(31-21-6-4-14(23)11-19(21)24)18(12-15)17-10-13(2)27(28)22-16(17)8-9-25-22/h4-12,25-26H,3H2,1-2H3. The number of anilines is 1. The minimum absolute atomic E-state index is 0.121. The van der Waals surface area contributed by atoms with Crippen LogP contribution in [0.15, 0.2) is 54.7 Å². The van der Waals surface area contributed by atoms with Gasteiger partial charge in [0.05, 0.1) is 17.3 Å². The minimum Gasteiger partial charge on any atom is -0.710 e. The van der Waals surface area contributed by atoms with E-state index in [0.717, 1.165) is 16.9 Å². The monoisotopic (exact) mass is 459 g/mol. The molecule has 0 atom stereocenters. The van der Waals surface area contributed by atoms with E-state index in [1.165, 1.54) is 19.1 Å². The third-order valence-electron chi connectivity index (χ3n) is 4.93. The van der Waals surface area contributed by atoms with Crippen LogP contribution in [0.25, 0.3) is 22.2 Å². The molecule has 2 N–H and O–H groups in total. The zero-order chi connectivity index (χ0) is 23.0. The van der Waals surface area contributed by atoms with Crippen LogP contribution in [0.1, 0.15) is 12.6 Å². The molecule has 0 aliphatic rings. The number of halogens is 2. The lowest BCUT2D eigenvalue weighted by atomic mass is 10.0. The molecule has 0 bridgehead atoms. The molecule has 4 rings (SSSR count). The second-order valence-electron chi connectivity index (χ2n) is 7.13. The van der Waals surface area contributed by atoms with E-state index in [2.05, 4.69) is 9.71 Å². The van der Waals surface area contributed by atoms with Crippen molar-refractivity contribution in [3.8, 4) is 22.6 Å². The molecule has 2 heterocycles. The van der Waals surface area contributed by atoms with Crippen molar-refractivity contribution in [2.75, 3.05) is 10.5 Å². The first kappa shape index (κ1) is 21.6. The molecule has 2 aromatic heterocycles. The van der Waals surface area contributed by atoms with E-state index in [1.807, 2.05) is 0 Å². The van der Waals surface area contributed by atoms with Gasteiger partial charge in [-0.15, -0.1) is 0 Å². The molecule has 32 heavy (non-hydrogen) atoms. The molecule has 0 unspecified atom stereocenters. The third-order valence-corrected chi connectivity index (χ3v) is 6.24. The first-order valence-corrected chi connectivity index (χ1v) is 11.3. The number of pyridine rings is 1. The molecule has 10 heteroatoms. The molecule has 0 amide bonds. The highest BCUT2D eigenvalue weighted by Gasteiger charge is 2.19. The number of H-pyrrole nitrogens is 1. The minimum atomic E-state index is -3.55. The summed E-state index contributed by atoms with van der Waals surface area (Å²) < 4.78 is 60.6. The number of nitrogens with zero attached hydrogens (tertiary/aromatic N) is 1. The van der Waals surface area contributed by atoms with Gasteiger partial charge in [-0.2, -0.15) is 0 Å². The highest BCUT2D eigenvalue weighted by molar-refractivity contribution is 7.92. The molecule has 0 aliphatic carbocycles. The molecule has 4 aromatic rings. The second-order valence-corrected chi connectivity index (χ2v) is 9.14. The molecular formula is C22H19F2N3O4S. The smallest absolute Gasteiger partial charge is 0.290 e. The van der Waals surface area contributed by atoms with Crippen LogP contribution < -0.4 is 14.2 Å². The molecular weight excluding hydrogens is 440 g/mol. The highest BCUT2D eigenvalue weighted by atomic mass is 32.2. The molecule has 0 fully saturated rings. The number of benzene rings is 2. The van der Waals surface area contributed by atoms with Crippen molar-refractivity contribution in [3.63, 3.8) is 0 Å². The quantitative estimate of drug-likeness (QED) is 0.325. The van der Waals surface area contributed by atoms with Crippen LogP contribution in [-0.2, 0) is 10.0 Å². The number of rotatable bonds is 6. The fourth-order valence-corrected chi connectivity index (χ4v) is 3.94. The Bertz CT molecular complexity index is 1430. The average Bonchev–Trinajstić information content (AvgIpc) is 3.24. The Balaban J connectivity index is 1.92. The van der Waals surface area contributed by atoms with E-state index >= 15 is 0 Å². The van der Waals surface area contributed by atoms with Gasteiger partial charge >= 0.3 is 0 Å². The van der Waals surface area contributed by atoms with Gasteiger partial charge < -0.3 is 9.94 Å². The average molecular weight is 459 g/mol. The normalized spacial score (nSPS) is 11.6. The van der Waals surface area contributed by atoms with Crippen molar-refractivity contribution in [3.05, 3.63) is 77.3 Å². The summed E-state index contributed by atoms with van der Waals surface area (Å²) in [7, 11) is -3.55. The zero-order valence-corrected chi connectivity index (χ0v) is 18.0. The lowest BCUT2D eigenvalue weighted by Gasteiger charge is -2.16. The van der Waals surface area contributed by atoms with Gasteiger partial charge in [0.1, 0.15) is 17.3 Å². The third kappa shape index (κ3) is 4.09. The Morgan fingerprint density at radius 2 is 1.81 bits per heavy atom. The molecule has 7 nitrogen and oxygen atoms in total. The van der Waals surface area contributed by atoms with Crippen LogP contribution in [0, 0.1) is 23.8 Å². The number of fused-ring (bicyclic) bond motifs is 1. The van der Waals surface area contributed by atoms with Gasteiger partial charge in [0.25, 0.3) is 5.65 Å². The summed E-state index contributed by atoms with van der Waals surface area (Å²) >= 11 is 0. The number of aromatic nitrogens is 2. The van der Waals surface area contributed by atoms with Gasteiger partial charge in [0.15, 0.2) is 11.6 Å². The maximum absolute atomic E-state index is 14.2. The maximum atomic E-state index is 14.2. The van der Waals surface area contributed by atoms with E-state index in [9.17, 15) is 22.4 Å².